The maximum Gasteiger partial charge on any atom is 0.311 e. The lowest BCUT2D eigenvalue weighted by Gasteiger charge is -2.31. The lowest BCUT2D eigenvalue weighted by atomic mass is 9.90. The van der Waals surface area contributed by atoms with Crippen molar-refractivity contribution in [1.29, 1.82) is 0 Å². The summed E-state index contributed by atoms with van der Waals surface area (Å²) in [5, 5.41) is 0. The van der Waals surface area contributed by atoms with Gasteiger partial charge in [0, 0.05) is 13.3 Å². The molecule has 0 saturated heterocycles. The molecule has 0 radical (unpaired) electrons. The fourth-order valence-corrected chi connectivity index (χ4v) is 2.01. The molecular weight excluding hydrogens is 232 g/mol. The second-order valence-corrected chi connectivity index (χ2v) is 5.66. The van der Waals surface area contributed by atoms with Crippen molar-refractivity contribution in [3.8, 4) is 0 Å². The molecule has 2 unspecified atom stereocenters. The number of esters is 2. The second-order valence-electron chi connectivity index (χ2n) is 5.66. The summed E-state index contributed by atoms with van der Waals surface area (Å²) in [5.41, 5.74) is -0.436. The Labute approximate surface area is 109 Å². The molecular formula is C14H24O4. The predicted molar refractivity (Wildman–Crippen MR) is 68.0 cm³/mol. The first-order valence-electron chi connectivity index (χ1n) is 6.73. The van der Waals surface area contributed by atoms with Crippen molar-refractivity contribution < 1.29 is 19.1 Å². The monoisotopic (exact) mass is 256 g/mol. The fourth-order valence-electron chi connectivity index (χ4n) is 2.01. The third-order valence-corrected chi connectivity index (χ3v) is 3.62. The van der Waals surface area contributed by atoms with Crippen molar-refractivity contribution in [2.24, 2.45) is 5.41 Å². The van der Waals surface area contributed by atoms with Gasteiger partial charge < -0.3 is 9.47 Å². The highest BCUT2D eigenvalue weighted by atomic mass is 16.6. The normalized spacial score (nSPS) is 24.4. The number of hydrogen-bond acceptors (Lipinski definition) is 4. The van der Waals surface area contributed by atoms with E-state index in [-0.39, 0.29) is 24.1 Å². The second kappa shape index (κ2) is 6.21. The fraction of sp³-hybridized carbons (Fsp3) is 0.857. The average molecular weight is 256 g/mol. The van der Waals surface area contributed by atoms with Gasteiger partial charge in [0.05, 0.1) is 5.41 Å². The molecule has 1 aliphatic carbocycles. The van der Waals surface area contributed by atoms with Crippen LogP contribution in [0.1, 0.15) is 59.8 Å². The SMILES string of the molecule is CCC(C)(C)C(=O)OC1CCCC(OC(C)=O)C1. The highest BCUT2D eigenvalue weighted by Crippen LogP contribution is 2.28. The van der Waals surface area contributed by atoms with E-state index in [1.807, 2.05) is 20.8 Å². The summed E-state index contributed by atoms with van der Waals surface area (Å²) in [5.74, 6) is -0.417. The van der Waals surface area contributed by atoms with Crippen molar-refractivity contribution in [2.75, 3.05) is 0 Å². The molecule has 18 heavy (non-hydrogen) atoms. The average Bonchev–Trinajstić information content (AvgIpc) is 2.28. The summed E-state index contributed by atoms with van der Waals surface area (Å²) in [4.78, 5) is 22.9. The zero-order valence-corrected chi connectivity index (χ0v) is 11.8. The van der Waals surface area contributed by atoms with Crippen LogP contribution in [0, 0.1) is 5.41 Å². The Kier molecular flexibility index (Phi) is 5.17. The first kappa shape index (κ1) is 15.0. The maximum absolute atomic E-state index is 12.0. The van der Waals surface area contributed by atoms with E-state index in [4.69, 9.17) is 9.47 Å². The van der Waals surface area contributed by atoms with Crippen LogP contribution in [0.3, 0.4) is 0 Å². The number of ether oxygens (including phenoxy) is 2. The van der Waals surface area contributed by atoms with Gasteiger partial charge in [-0.05, 0) is 39.5 Å². The highest BCUT2D eigenvalue weighted by molar-refractivity contribution is 5.76. The Morgan fingerprint density at radius 2 is 1.72 bits per heavy atom. The van der Waals surface area contributed by atoms with E-state index in [1.165, 1.54) is 6.92 Å². The number of hydrogen-bond donors (Lipinski definition) is 0. The first-order valence-corrected chi connectivity index (χ1v) is 6.73. The molecule has 1 rings (SSSR count). The molecule has 0 aromatic carbocycles. The Morgan fingerprint density at radius 1 is 1.17 bits per heavy atom. The van der Waals surface area contributed by atoms with Gasteiger partial charge in [0.2, 0.25) is 0 Å². The zero-order chi connectivity index (χ0) is 13.8. The molecule has 104 valence electrons. The minimum absolute atomic E-state index is 0.0983. The van der Waals surface area contributed by atoms with Gasteiger partial charge >= 0.3 is 11.9 Å². The smallest absolute Gasteiger partial charge is 0.311 e. The third-order valence-electron chi connectivity index (χ3n) is 3.62. The Hall–Kier alpha value is -1.06. The molecule has 4 heteroatoms. The van der Waals surface area contributed by atoms with Gasteiger partial charge in [-0.2, -0.15) is 0 Å². The van der Waals surface area contributed by atoms with Crippen LogP contribution in [0.4, 0.5) is 0 Å². The molecule has 0 aromatic heterocycles. The van der Waals surface area contributed by atoms with E-state index in [9.17, 15) is 9.59 Å². The van der Waals surface area contributed by atoms with Crippen LogP contribution in [-0.2, 0) is 19.1 Å². The maximum atomic E-state index is 12.0. The van der Waals surface area contributed by atoms with Crippen molar-refractivity contribution in [3.63, 3.8) is 0 Å². The summed E-state index contributed by atoms with van der Waals surface area (Å²) in [6, 6.07) is 0. The molecule has 0 heterocycles. The van der Waals surface area contributed by atoms with Gasteiger partial charge in [-0.15, -0.1) is 0 Å². The van der Waals surface area contributed by atoms with E-state index in [2.05, 4.69) is 0 Å². The molecule has 1 saturated carbocycles. The number of rotatable bonds is 4. The van der Waals surface area contributed by atoms with Gasteiger partial charge in [-0.25, -0.2) is 0 Å². The van der Waals surface area contributed by atoms with E-state index in [1.54, 1.807) is 0 Å². The summed E-state index contributed by atoms with van der Waals surface area (Å²) in [6.45, 7) is 7.17. The molecule has 0 N–H and O–H groups in total. The molecule has 0 amide bonds. The van der Waals surface area contributed by atoms with Crippen LogP contribution < -0.4 is 0 Å². The molecule has 0 bridgehead atoms. The highest BCUT2D eigenvalue weighted by Gasteiger charge is 2.32. The first-order chi connectivity index (χ1) is 8.35. The van der Waals surface area contributed by atoms with Gasteiger partial charge in [0.25, 0.3) is 0 Å². The molecule has 2 atom stereocenters. The van der Waals surface area contributed by atoms with Crippen molar-refractivity contribution in [3.05, 3.63) is 0 Å². The third kappa shape index (κ3) is 4.31. The number of carbonyl (C=O) groups is 2. The van der Waals surface area contributed by atoms with Crippen LogP contribution in [-0.4, -0.2) is 24.1 Å². The quantitative estimate of drug-likeness (QED) is 0.726. The molecule has 0 spiro atoms. The summed E-state index contributed by atoms with van der Waals surface area (Å²) >= 11 is 0. The van der Waals surface area contributed by atoms with E-state index in [0.29, 0.717) is 6.42 Å². The van der Waals surface area contributed by atoms with Crippen molar-refractivity contribution >= 4 is 11.9 Å². The Balaban J connectivity index is 2.47. The van der Waals surface area contributed by atoms with Crippen LogP contribution in [0.25, 0.3) is 0 Å². The molecule has 4 nitrogen and oxygen atoms in total. The topological polar surface area (TPSA) is 52.6 Å². The lowest BCUT2D eigenvalue weighted by molar-refractivity contribution is -0.165. The van der Waals surface area contributed by atoms with Crippen molar-refractivity contribution in [2.45, 2.75) is 72.0 Å². The predicted octanol–water partition coefficient (Wildman–Crippen LogP) is 2.84. The van der Waals surface area contributed by atoms with Crippen LogP contribution in [0.5, 0.6) is 0 Å². The minimum atomic E-state index is -0.436. The van der Waals surface area contributed by atoms with Gasteiger partial charge in [0.15, 0.2) is 0 Å². The van der Waals surface area contributed by atoms with E-state index < -0.39 is 5.41 Å². The number of carbonyl (C=O) groups excluding carboxylic acids is 2. The van der Waals surface area contributed by atoms with Crippen molar-refractivity contribution in [1.82, 2.24) is 0 Å². The van der Waals surface area contributed by atoms with Gasteiger partial charge in [-0.3, -0.25) is 9.59 Å². The summed E-state index contributed by atoms with van der Waals surface area (Å²) < 4.78 is 10.7. The zero-order valence-electron chi connectivity index (χ0n) is 11.8. The molecule has 1 fully saturated rings. The van der Waals surface area contributed by atoms with Crippen LogP contribution in [0.2, 0.25) is 0 Å². The van der Waals surface area contributed by atoms with Crippen LogP contribution in [0.15, 0.2) is 0 Å². The molecule has 1 aliphatic rings. The van der Waals surface area contributed by atoms with Gasteiger partial charge in [-0.1, -0.05) is 6.92 Å². The van der Waals surface area contributed by atoms with E-state index >= 15 is 0 Å². The summed E-state index contributed by atoms with van der Waals surface area (Å²) in [7, 11) is 0. The lowest BCUT2D eigenvalue weighted by Crippen LogP contribution is -2.35. The Morgan fingerprint density at radius 3 is 2.22 bits per heavy atom. The van der Waals surface area contributed by atoms with Gasteiger partial charge in [0.1, 0.15) is 12.2 Å². The van der Waals surface area contributed by atoms with E-state index in [0.717, 1.165) is 25.7 Å². The van der Waals surface area contributed by atoms with Crippen LogP contribution >= 0.6 is 0 Å². The Bertz CT molecular complexity index is 309. The molecule has 0 aromatic rings. The summed E-state index contributed by atoms with van der Waals surface area (Å²) in [6.07, 6.45) is 3.84. The largest absolute Gasteiger partial charge is 0.462 e. The minimum Gasteiger partial charge on any atom is -0.462 e. The molecule has 0 aliphatic heterocycles. The standard InChI is InChI=1S/C14H24O4/c1-5-14(3,4)13(16)18-12-8-6-7-11(9-12)17-10(2)15/h11-12H,5-9H2,1-4H3.